The van der Waals surface area contributed by atoms with Crippen molar-refractivity contribution in [3.05, 3.63) is 47.9 Å². The van der Waals surface area contributed by atoms with E-state index in [1.165, 1.54) is 0 Å². The normalized spacial score (nSPS) is 10.4. The van der Waals surface area contributed by atoms with E-state index in [-0.39, 0.29) is 0 Å². The van der Waals surface area contributed by atoms with E-state index in [1.807, 2.05) is 24.3 Å². The molecule has 21 heavy (non-hydrogen) atoms. The Morgan fingerprint density at radius 1 is 1.10 bits per heavy atom. The maximum Gasteiger partial charge on any atom is 0.232 e. The van der Waals surface area contributed by atoms with Gasteiger partial charge in [-0.3, -0.25) is 4.98 Å². The number of nitrogens with one attached hydrogen (secondary N) is 1. The molecule has 1 N–H and O–H groups in total. The first kappa shape index (κ1) is 15.3. The number of benzene rings is 1. The molecule has 1 heterocycles. The predicted octanol–water partition coefficient (Wildman–Crippen LogP) is 2.56. The van der Waals surface area contributed by atoms with Crippen LogP contribution in [0.1, 0.15) is 24.6 Å². The van der Waals surface area contributed by atoms with Gasteiger partial charge in [0.2, 0.25) is 5.88 Å². The molecule has 0 fully saturated rings. The van der Waals surface area contributed by atoms with E-state index in [1.54, 1.807) is 19.5 Å². The van der Waals surface area contributed by atoms with Gasteiger partial charge >= 0.3 is 0 Å². The quantitative estimate of drug-likeness (QED) is 0.756. The molecule has 0 spiro atoms. The smallest absolute Gasteiger partial charge is 0.232 e. The number of rotatable bonds is 8. The Labute approximate surface area is 125 Å². The van der Waals surface area contributed by atoms with Crippen molar-refractivity contribution >= 4 is 0 Å². The zero-order valence-corrected chi connectivity index (χ0v) is 12.5. The van der Waals surface area contributed by atoms with Gasteiger partial charge in [-0.1, -0.05) is 19.1 Å². The summed E-state index contributed by atoms with van der Waals surface area (Å²) in [5.74, 6) is 1.37. The van der Waals surface area contributed by atoms with Crippen LogP contribution in [0.3, 0.4) is 0 Å². The molecule has 0 radical (unpaired) electrons. The molecule has 0 atom stereocenters. The van der Waals surface area contributed by atoms with Gasteiger partial charge in [0.15, 0.2) is 0 Å². The first-order chi connectivity index (χ1) is 10.3. The van der Waals surface area contributed by atoms with Crippen molar-refractivity contribution in [2.24, 2.45) is 0 Å². The minimum Gasteiger partial charge on any atom is -0.497 e. The number of hydrogen-bond acceptors (Lipinski definition) is 5. The third-order valence-corrected chi connectivity index (χ3v) is 2.96. The van der Waals surface area contributed by atoms with Crippen LogP contribution in [-0.2, 0) is 13.2 Å². The Morgan fingerprint density at radius 2 is 1.90 bits per heavy atom. The summed E-state index contributed by atoms with van der Waals surface area (Å²) in [4.78, 5) is 8.58. The SMILES string of the molecule is CCCNCc1cnc(OCc2ccc(OC)cc2)cn1. The molecule has 0 unspecified atom stereocenters. The first-order valence-corrected chi connectivity index (χ1v) is 7.09. The fraction of sp³-hybridized carbons (Fsp3) is 0.375. The number of nitrogens with zero attached hydrogens (tertiary/aromatic N) is 2. The second kappa shape index (κ2) is 8.21. The molecule has 5 heteroatoms. The predicted molar refractivity (Wildman–Crippen MR) is 81.4 cm³/mol. The molecule has 0 bridgehead atoms. The Hall–Kier alpha value is -2.14. The lowest BCUT2D eigenvalue weighted by Crippen LogP contribution is -2.15. The lowest BCUT2D eigenvalue weighted by atomic mass is 10.2. The Morgan fingerprint density at radius 3 is 2.52 bits per heavy atom. The van der Waals surface area contributed by atoms with Gasteiger partial charge in [0.25, 0.3) is 0 Å². The Kier molecular flexibility index (Phi) is 5.97. The van der Waals surface area contributed by atoms with E-state index >= 15 is 0 Å². The second-order valence-electron chi connectivity index (χ2n) is 4.66. The van der Waals surface area contributed by atoms with Crippen LogP contribution < -0.4 is 14.8 Å². The molecule has 0 saturated carbocycles. The summed E-state index contributed by atoms with van der Waals surface area (Å²) >= 11 is 0. The number of methoxy groups -OCH3 is 1. The van der Waals surface area contributed by atoms with Gasteiger partial charge < -0.3 is 14.8 Å². The average Bonchev–Trinajstić information content (AvgIpc) is 2.55. The fourth-order valence-electron chi connectivity index (χ4n) is 1.78. The molecule has 0 aliphatic rings. The second-order valence-corrected chi connectivity index (χ2v) is 4.66. The molecule has 112 valence electrons. The lowest BCUT2D eigenvalue weighted by molar-refractivity contribution is 0.292. The monoisotopic (exact) mass is 287 g/mol. The van der Waals surface area contributed by atoms with E-state index < -0.39 is 0 Å². The number of aromatic nitrogens is 2. The van der Waals surface area contributed by atoms with Crippen LogP contribution in [0.5, 0.6) is 11.6 Å². The van der Waals surface area contributed by atoms with Crippen molar-refractivity contribution in [1.29, 1.82) is 0 Å². The largest absolute Gasteiger partial charge is 0.497 e. The maximum atomic E-state index is 5.61. The van der Waals surface area contributed by atoms with Gasteiger partial charge in [0.05, 0.1) is 25.2 Å². The van der Waals surface area contributed by atoms with E-state index in [0.29, 0.717) is 12.5 Å². The van der Waals surface area contributed by atoms with Crippen molar-refractivity contribution < 1.29 is 9.47 Å². The van der Waals surface area contributed by atoms with Crippen molar-refractivity contribution in [1.82, 2.24) is 15.3 Å². The first-order valence-electron chi connectivity index (χ1n) is 7.09. The van der Waals surface area contributed by atoms with Gasteiger partial charge in [0.1, 0.15) is 12.4 Å². The van der Waals surface area contributed by atoms with Crippen LogP contribution in [0, 0.1) is 0 Å². The summed E-state index contributed by atoms with van der Waals surface area (Å²) in [7, 11) is 1.65. The minimum atomic E-state index is 0.464. The third-order valence-electron chi connectivity index (χ3n) is 2.96. The molecule has 0 aliphatic carbocycles. The van der Waals surface area contributed by atoms with Crippen LogP contribution in [-0.4, -0.2) is 23.6 Å². The van der Waals surface area contributed by atoms with E-state index in [9.17, 15) is 0 Å². The van der Waals surface area contributed by atoms with E-state index in [0.717, 1.165) is 36.5 Å². The summed E-state index contributed by atoms with van der Waals surface area (Å²) in [6, 6.07) is 7.75. The van der Waals surface area contributed by atoms with Crippen LogP contribution in [0.4, 0.5) is 0 Å². The van der Waals surface area contributed by atoms with Gasteiger partial charge in [-0.2, -0.15) is 0 Å². The summed E-state index contributed by atoms with van der Waals surface area (Å²) in [6.45, 7) is 4.32. The highest BCUT2D eigenvalue weighted by atomic mass is 16.5. The Balaban J connectivity index is 1.82. The van der Waals surface area contributed by atoms with Crippen molar-refractivity contribution in [2.75, 3.05) is 13.7 Å². The molecular formula is C16H21N3O2. The van der Waals surface area contributed by atoms with Crippen molar-refractivity contribution in [3.63, 3.8) is 0 Å². The third kappa shape index (κ3) is 5.04. The Bertz CT molecular complexity index is 526. The number of ether oxygens (including phenoxy) is 2. The lowest BCUT2D eigenvalue weighted by Gasteiger charge is -2.07. The van der Waals surface area contributed by atoms with Crippen LogP contribution in [0.2, 0.25) is 0 Å². The molecular weight excluding hydrogens is 266 g/mol. The molecule has 0 aliphatic heterocycles. The van der Waals surface area contributed by atoms with Gasteiger partial charge in [-0.25, -0.2) is 4.98 Å². The molecule has 5 nitrogen and oxygen atoms in total. The highest BCUT2D eigenvalue weighted by Crippen LogP contribution is 2.13. The fourth-order valence-corrected chi connectivity index (χ4v) is 1.78. The van der Waals surface area contributed by atoms with Crippen LogP contribution in [0.25, 0.3) is 0 Å². The van der Waals surface area contributed by atoms with E-state index in [2.05, 4.69) is 22.2 Å². The summed E-state index contributed by atoms with van der Waals surface area (Å²) < 4.78 is 10.7. The van der Waals surface area contributed by atoms with Crippen LogP contribution in [0.15, 0.2) is 36.7 Å². The van der Waals surface area contributed by atoms with Gasteiger partial charge in [-0.15, -0.1) is 0 Å². The van der Waals surface area contributed by atoms with Crippen molar-refractivity contribution in [2.45, 2.75) is 26.5 Å². The molecule has 1 aromatic carbocycles. The van der Waals surface area contributed by atoms with Crippen LogP contribution >= 0.6 is 0 Å². The van der Waals surface area contributed by atoms with Gasteiger partial charge in [-0.05, 0) is 30.7 Å². The van der Waals surface area contributed by atoms with Crippen molar-refractivity contribution in [3.8, 4) is 11.6 Å². The molecule has 2 aromatic rings. The summed E-state index contributed by atoms with van der Waals surface area (Å²) in [5.41, 5.74) is 1.98. The minimum absolute atomic E-state index is 0.464. The maximum absolute atomic E-state index is 5.61. The highest BCUT2D eigenvalue weighted by Gasteiger charge is 2.00. The molecule has 1 aromatic heterocycles. The van der Waals surface area contributed by atoms with Gasteiger partial charge in [0, 0.05) is 6.54 Å². The number of hydrogen-bond donors (Lipinski definition) is 1. The standard InChI is InChI=1S/C16H21N3O2/c1-3-8-17-9-14-10-19-16(11-18-14)21-12-13-4-6-15(20-2)7-5-13/h4-7,10-11,17H,3,8-9,12H2,1-2H3. The summed E-state index contributed by atoms with van der Waals surface area (Å²) in [6.07, 6.45) is 4.51. The molecule has 0 saturated heterocycles. The average molecular weight is 287 g/mol. The zero-order chi connectivity index (χ0) is 14.9. The summed E-state index contributed by atoms with van der Waals surface area (Å²) in [5, 5.41) is 3.28. The topological polar surface area (TPSA) is 56.3 Å². The van der Waals surface area contributed by atoms with E-state index in [4.69, 9.17) is 9.47 Å². The zero-order valence-electron chi connectivity index (χ0n) is 12.5. The molecule has 0 amide bonds. The highest BCUT2D eigenvalue weighted by molar-refractivity contribution is 5.27. The molecule has 2 rings (SSSR count).